The molecule has 6 nitrogen and oxygen atoms in total. The topological polar surface area (TPSA) is 56.6 Å². The minimum Gasteiger partial charge on any atom is -0.459 e. The number of hydrogen-bond donors (Lipinski definition) is 0. The van der Waals surface area contributed by atoms with E-state index in [1.165, 1.54) is 0 Å². The van der Waals surface area contributed by atoms with E-state index in [1.807, 2.05) is 51.1 Å². The number of fused-ring (bicyclic) bond motifs is 1. The SMILES string of the molecule is CC(C)(C)OC(=O)N1CC[C@H](Oc2nc3ccccc3n2Cc2ccc(Br)cc2)C1. The van der Waals surface area contributed by atoms with Crippen LogP contribution >= 0.6 is 15.9 Å². The zero-order valence-electron chi connectivity index (χ0n) is 17.5. The third kappa shape index (κ3) is 4.78. The van der Waals surface area contributed by atoms with Crippen molar-refractivity contribution in [1.29, 1.82) is 0 Å². The van der Waals surface area contributed by atoms with Gasteiger partial charge < -0.3 is 14.4 Å². The first-order valence-corrected chi connectivity index (χ1v) is 10.9. The van der Waals surface area contributed by atoms with Crippen molar-refractivity contribution < 1.29 is 14.3 Å². The van der Waals surface area contributed by atoms with Crippen LogP contribution in [-0.2, 0) is 11.3 Å². The van der Waals surface area contributed by atoms with Gasteiger partial charge in [-0.1, -0.05) is 40.2 Å². The molecule has 0 spiro atoms. The molecule has 2 aromatic carbocycles. The number of nitrogens with zero attached hydrogens (tertiary/aromatic N) is 3. The highest BCUT2D eigenvalue weighted by Gasteiger charge is 2.31. The predicted octanol–water partition coefficient (Wildman–Crippen LogP) is 5.24. The number of para-hydroxylation sites is 2. The van der Waals surface area contributed by atoms with Gasteiger partial charge in [0.15, 0.2) is 0 Å². The molecule has 0 unspecified atom stereocenters. The number of amides is 1. The molecule has 1 saturated heterocycles. The van der Waals surface area contributed by atoms with E-state index in [0.29, 0.717) is 25.6 Å². The van der Waals surface area contributed by atoms with Crippen molar-refractivity contribution in [2.75, 3.05) is 13.1 Å². The van der Waals surface area contributed by atoms with E-state index in [4.69, 9.17) is 14.5 Å². The summed E-state index contributed by atoms with van der Waals surface area (Å²) < 4.78 is 14.9. The van der Waals surface area contributed by atoms with Crippen LogP contribution < -0.4 is 4.74 Å². The van der Waals surface area contributed by atoms with E-state index in [1.54, 1.807) is 4.90 Å². The summed E-state index contributed by atoms with van der Waals surface area (Å²) in [6.45, 7) is 7.40. The molecule has 4 rings (SSSR count). The van der Waals surface area contributed by atoms with Crippen molar-refractivity contribution in [3.8, 4) is 6.01 Å². The summed E-state index contributed by atoms with van der Waals surface area (Å²) in [4.78, 5) is 18.8. The molecule has 0 saturated carbocycles. The molecule has 7 heteroatoms. The highest BCUT2D eigenvalue weighted by atomic mass is 79.9. The van der Waals surface area contributed by atoms with Gasteiger partial charge in [0.05, 0.1) is 24.1 Å². The quantitative estimate of drug-likeness (QED) is 0.522. The fourth-order valence-corrected chi connectivity index (χ4v) is 3.80. The maximum atomic E-state index is 12.4. The number of imidazole rings is 1. The molecule has 0 N–H and O–H groups in total. The van der Waals surface area contributed by atoms with Gasteiger partial charge in [-0.2, -0.15) is 4.98 Å². The zero-order valence-corrected chi connectivity index (χ0v) is 19.1. The van der Waals surface area contributed by atoms with Gasteiger partial charge in [0.2, 0.25) is 0 Å². The number of carbonyl (C=O) groups excluding carboxylic acids is 1. The molecule has 1 amide bonds. The molecule has 3 aromatic rings. The highest BCUT2D eigenvalue weighted by molar-refractivity contribution is 9.10. The second-order valence-corrected chi connectivity index (χ2v) is 9.47. The Labute approximate surface area is 184 Å². The van der Waals surface area contributed by atoms with Gasteiger partial charge >= 0.3 is 6.09 Å². The molecule has 1 aromatic heterocycles. The first kappa shape index (κ1) is 20.7. The molecular weight excluding hydrogens is 446 g/mol. The lowest BCUT2D eigenvalue weighted by Crippen LogP contribution is -2.36. The summed E-state index contributed by atoms with van der Waals surface area (Å²) >= 11 is 3.49. The second-order valence-electron chi connectivity index (χ2n) is 8.55. The molecule has 1 aliphatic heterocycles. The van der Waals surface area contributed by atoms with Gasteiger partial charge in [-0.25, -0.2) is 4.79 Å². The van der Waals surface area contributed by atoms with Crippen LogP contribution in [0.25, 0.3) is 11.0 Å². The Morgan fingerprint density at radius 2 is 1.90 bits per heavy atom. The lowest BCUT2D eigenvalue weighted by Gasteiger charge is -2.24. The summed E-state index contributed by atoms with van der Waals surface area (Å²) in [5.74, 6) is 0. The van der Waals surface area contributed by atoms with Crippen LogP contribution in [0.2, 0.25) is 0 Å². The van der Waals surface area contributed by atoms with Crippen LogP contribution in [-0.4, -0.2) is 45.3 Å². The molecule has 0 radical (unpaired) electrons. The Kier molecular flexibility index (Phi) is 5.73. The number of likely N-dealkylation sites (tertiary alicyclic amines) is 1. The number of benzene rings is 2. The van der Waals surface area contributed by atoms with Crippen LogP contribution in [0.5, 0.6) is 6.01 Å². The van der Waals surface area contributed by atoms with E-state index in [2.05, 4.69) is 38.7 Å². The Bertz CT molecular complexity index is 1040. The zero-order chi connectivity index (χ0) is 21.3. The van der Waals surface area contributed by atoms with Crippen molar-refractivity contribution in [1.82, 2.24) is 14.5 Å². The largest absolute Gasteiger partial charge is 0.459 e. The number of aromatic nitrogens is 2. The van der Waals surface area contributed by atoms with Crippen LogP contribution in [0, 0.1) is 0 Å². The Balaban J connectivity index is 1.53. The van der Waals surface area contributed by atoms with E-state index in [0.717, 1.165) is 27.5 Å². The van der Waals surface area contributed by atoms with Crippen molar-refractivity contribution >= 4 is 33.1 Å². The van der Waals surface area contributed by atoms with Crippen molar-refractivity contribution in [3.05, 3.63) is 58.6 Å². The third-order valence-electron chi connectivity index (χ3n) is 4.94. The Morgan fingerprint density at radius 3 is 2.63 bits per heavy atom. The van der Waals surface area contributed by atoms with Crippen molar-refractivity contribution in [2.45, 2.75) is 45.4 Å². The maximum Gasteiger partial charge on any atom is 0.410 e. The molecule has 0 aliphatic carbocycles. The Hall–Kier alpha value is -2.54. The van der Waals surface area contributed by atoms with Gasteiger partial charge in [0.25, 0.3) is 6.01 Å². The van der Waals surface area contributed by atoms with E-state index < -0.39 is 5.60 Å². The molecule has 1 atom stereocenters. The highest BCUT2D eigenvalue weighted by Crippen LogP contribution is 2.26. The fraction of sp³-hybridized carbons (Fsp3) is 0.391. The summed E-state index contributed by atoms with van der Waals surface area (Å²) in [5.41, 5.74) is 2.58. The monoisotopic (exact) mass is 471 g/mol. The summed E-state index contributed by atoms with van der Waals surface area (Å²) in [6, 6.07) is 16.8. The average molecular weight is 472 g/mol. The second kappa shape index (κ2) is 8.30. The van der Waals surface area contributed by atoms with Crippen LogP contribution in [0.15, 0.2) is 53.0 Å². The molecule has 0 bridgehead atoms. The van der Waals surface area contributed by atoms with E-state index >= 15 is 0 Å². The fourth-order valence-electron chi connectivity index (χ4n) is 3.53. The maximum absolute atomic E-state index is 12.4. The molecule has 1 aliphatic rings. The lowest BCUT2D eigenvalue weighted by atomic mass is 10.2. The van der Waals surface area contributed by atoms with Crippen LogP contribution in [0.4, 0.5) is 4.79 Å². The molecular formula is C23H26BrN3O3. The van der Waals surface area contributed by atoms with Gasteiger partial charge in [-0.15, -0.1) is 0 Å². The van der Waals surface area contributed by atoms with Gasteiger partial charge in [0, 0.05) is 17.4 Å². The Morgan fingerprint density at radius 1 is 1.17 bits per heavy atom. The lowest BCUT2D eigenvalue weighted by molar-refractivity contribution is 0.0273. The molecule has 2 heterocycles. The van der Waals surface area contributed by atoms with Crippen LogP contribution in [0.1, 0.15) is 32.8 Å². The smallest absolute Gasteiger partial charge is 0.410 e. The summed E-state index contributed by atoms with van der Waals surface area (Å²) in [6.07, 6.45) is 0.343. The minimum atomic E-state index is -0.505. The third-order valence-corrected chi connectivity index (χ3v) is 5.47. The van der Waals surface area contributed by atoms with Gasteiger partial charge in [0.1, 0.15) is 11.7 Å². The van der Waals surface area contributed by atoms with Gasteiger partial charge in [-0.05, 0) is 50.6 Å². The van der Waals surface area contributed by atoms with Gasteiger partial charge in [-0.3, -0.25) is 4.57 Å². The first-order valence-electron chi connectivity index (χ1n) is 10.1. The standard InChI is InChI=1S/C23H26BrN3O3/c1-23(2,3)30-22(28)26-13-12-18(15-26)29-21-25-19-6-4-5-7-20(19)27(21)14-16-8-10-17(24)11-9-16/h4-11,18H,12-15H2,1-3H3/t18-/m0/s1. The van der Waals surface area contributed by atoms with Crippen molar-refractivity contribution in [3.63, 3.8) is 0 Å². The van der Waals surface area contributed by atoms with Crippen LogP contribution in [0.3, 0.4) is 0 Å². The summed E-state index contributed by atoms with van der Waals surface area (Å²) in [7, 11) is 0. The number of carbonyl (C=O) groups is 1. The summed E-state index contributed by atoms with van der Waals surface area (Å²) in [5, 5.41) is 0. The number of ether oxygens (including phenoxy) is 2. The predicted molar refractivity (Wildman–Crippen MR) is 120 cm³/mol. The number of halogens is 1. The minimum absolute atomic E-state index is 0.113. The molecule has 30 heavy (non-hydrogen) atoms. The first-order chi connectivity index (χ1) is 14.3. The van der Waals surface area contributed by atoms with E-state index in [9.17, 15) is 4.79 Å². The van der Waals surface area contributed by atoms with Crippen molar-refractivity contribution in [2.24, 2.45) is 0 Å². The molecule has 1 fully saturated rings. The normalized spacial score (nSPS) is 16.8. The number of rotatable bonds is 4. The number of hydrogen-bond acceptors (Lipinski definition) is 4. The molecule has 158 valence electrons. The average Bonchev–Trinajstić information content (AvgIpc) is 3.28. The van der Waals surface area contributed by atoms with E-state index in [-0.39, 0.29) is 12.2 Å².